The van der Waals surface area contributed by atoms with Crippen LogP contribution in [0.5, 0.6) is 0 Å². The molecule has 0 aliphatic rings. The second-order valence-electron chi connectivity index (χ2n) is 4.20. The Kier molecular flexibility index (Phi) is 2.88. The Hall–Kier alpha value is -1.32. The van der Waals surface area contributed by atoms with E-state index in [1.807, 2.05) is 24.3 Å². The second kappa shape index (κ2) is 4.41. The maximum absolute atomic E-state index is 6.13. The zero-order valence-electron chi connectivity index (χ0n) is 9.67. The first kappa shape index (κ1) is 11.8. The van der Waals surface area contributed by atoms with Crippen molar-refractivity contribution >= 4 is 38.6 Å². The van der Waals surface area contributed by atoms with E-state index >= 15 is 0 Å². The molecule has 0 saturated heterocycles. The molecule has 2 nitrogen and oxygen atoms in total. The van der Waals surface area contributed by atoms with Crippen LogP contribution in [0, 0.1) is 6.92 Å². The molecule has 18 heavy (non-hydrogen) atoms. The molecular formula is C14H10BrClN2. The quantitative estimate of drug-likeness (QED) is 0.674. The zero-order chi connectivity index (χ0) is 12.7. The van der Waals surface area contributed by atoms with Gasteiger partial charge in [0.05, 0.1) is 10.5 Å². The molecule has 1 aromatic heterocycles. The predicted octanol–water partition coefficient (Wildman–Crippen LogP) is 4.95. The lowest BCUT2D eigenvalue weighted by Crippen LogP contribution is -1.83. The van der Waals surface area contributed by atoms with E-state index in [1.165, 1.54) is 5.56 Å². The Morgan fingerprint density at radius 2 is 2.06 bits per heavy atom. The molecule has 0 aliphatic heterocycles. The van der Waals surface area contributed by atoms with Gasteiger partial charge in [-0.1, -0.05) is 39.7 Å². The number of nitrogens with zero attached hydrogens (tertiary/aromatic N) is 1. The summed E-state index contributed by atoms with van der Waals surface area (Å²) in [6.45, 7) is 2.06. The summed E-state index contributed by atoms with van der Waals surface area (Å²) in [6, 6.07) is 11.9. The minimum absolute atomic E-state index is 0.665. The first-order chi connectivity index (χ1) is 8.65. The van der Waals surface area contributed by atoms with E-state index in [2.05, 4.69) is 45.0 Å². The van der Waals surface area contributed by atoms with Gasteiger partial charge in [-0.3, -0.25) is 0 Å². The van der Waals surface area contributed by atoms with Crippen molar-refractivity contribution in [1.82, 2.24) is 9.97 Å². The number of nitrogens with one attached hydrogen (secondary N) is 1. The van der Waals surface area contributed by atoms with Crippen LogP contribution in [0.15, 0.2) is 40.9 Å². The number of fused-ring (bicyclic) bond motifs is 1. The highest BCUT2D eigenvalue weighted by atomic mass is 79.9. The Bertz CT molecular complexity index is 734. The smallest absolute Gasteiger partial charge is 0.139 e. The van der Waals surface area contributed by atoms with Gasteiger partial charge in [-0.2, -0.15) is 0 Å². The summed E-state index contributed by atoms with van der Waals surface area (Å²) in [4.78, 5) is 7.84. The summed E-state index contributed by atoms with van der Waals surface area (Å²) >= 11 is 9.70. The van der Waals surface area contributed by atoms with Crippen molar-refractivity contribution in [3.05, 3.63) is 51.5 Å². The molecule has 0 spiro atoms. The van der Waals surface area contributed by atoms with Gasteiger partial charge in [0.25, 0.3) is 0 Å². The lowest BCUT2D eigenvalue weighted by molar-refractivity contribution is 1.32. The monoisotopic (exact) mass is 320 g/mol. The molecule has 2 aromatic carbocycles. The fraction of sp³-hybridized carbons (Fsp3) is 0.0714. The number of aromatic amines is 1. The van der Waals surface area contributed by atoms with E-state index < -0.39 is 0 Å². The van der Waals surface area contributed by atoms with Crippen LogP contribution in [0.4, 0.5) is 0 Å². The molecule has 0 saturated carbocycles. The molecule has 0 amide bonds. The van der Waals surface area contributed by atoms with Crippen molar-refractivity contribution in [3.63, 3.8) is 0 Å². The second-order valence-corrected chi connectivity index (χ2v) is 5.47. The third-order valence-electron chi connectivity index (χ3n) is 2.84. The molecule has 0 radical (unpaired) electrons. The van der Waals surface area contributed by atoms with Crippen LogP contribution in [-0.4, -0.2) is 9.97 Å². The lowest BCUT2D eigenvalue weighted by Gasteiger charge is -2.01. The van der Waals surface area contributed by atoms with E-state index in [0.29, 0.717) is 5.02 Å². The normalized spacial score (nSPS) is 11.1. The number of hydrogen-bond donors (Lipinski definition) is 1. The molecule has 1 N–H and O–H groups in total. The predicted molar refractivity (Wildman–Crippen MR) is 79.0 cm³/mol. The molecule has 0 unspecified atom stereocenters. The minimum atomic E-state index is 0.665. The van der Waals surface area contributed by atoms with Gasteiger partial charge < -0.3 is 4.98 Å². The summed E-state index contributed by atoms with van der Waals surface area (Å²) in [5.74, 6) is 0.824. The SMILES string of the molecule is Cc1ccc(-c2nc3c(Cl)cccc3[nH]2)c(Br)c1. The van der Waals surface area contributed by atoms with Gasteiger partial charge in [0.15, 0.2) is 0 Å². The van der Waals surface area contributed by atoms with Crippen molar-refractivity contribution in [3.8, 4) is 11.4 Å². The van der Waals surface area contributed by atoms with Crippen LogP contribution in [0.3, 0.4) is 0 Å². The Balaban J connectivity index is 2.23. The van der Waals surface area contributed by atoms with Crippen LogP contribution in [0.1, 0.15) is 5.56 Å². The fourth-order valence-electron chi connectivity index (χ4n) is 1.94. The zero-order valence-corrected chi connectivity index (χ0v) is 12.0. The highest BCUT2D eigenvalue weighted by Crippen LogP contribution is 2.30. The number of aryl methyl sites for hydroxylation is 1. The van der Waals surface area contributed by atoms with Gasteiger partial charge in [-0.05, 0) is 36.8 Å². The summed E-state index contributed by atoms with van der Waals surface area (Å²) in [5, 5.41) is 0.665. The van der Waals surface area contributed by atoms with Gasteiger partial charge in [0, 0.05) is 10.0 Å². The number of imidazole rings is 1. The summed E-state index contributed by atoms with van der Waals surface area (Å²) in [6.07, 6.45) is 0. The number of halogens is 2. The van der Waals surface area contributed by atoms with Crippen molar-refractivity contribution in [2.24, 2.45) is 0 Å². The summed E-state index contributed by atoms with van der Waals surface area (Å²) < 4.78 is 1.03. The van der Waals surface area contributed by atoms with E-state index in [4.69, 9.17) is 11.6 Å². The number of H-pyrrole nitrogens is 1. The average molecular weight is 322 g/mol. The molecule has 90 valence electrons. The van der Waals surface area contributed by atoms with E-state index in [1.54, 1.807) is 0 Å². The van der Waals surface area contributed by atoms with Crippen molar-refractivity contribution < 1.29 is 0 Å². The van der Waals surface area contributed by atoms with Crippen LogP contribution in [-0.2, 0) is 0 Å². The largest absolute Gasteiger partial charge is 0.338 e. The maximum Gasteiger partial charge on any atom is 0.139 e. The standard InChI is InChI=1S/C14H10BrClN2/c1-8-5-6-9(10(15)7-8)14-17-12-4-2-3-11(16)13(12)18-14/h2-7H,1H3,(H,17,18). The van der Waals surface area contributed by atoms with Gasteiger partial charge in [0.1, 0.15) is 11.3 Å². The van der Waals surface area contributed by atoms with Crippen molar-refractivity contribution in [2.45, 2.75) is 6.92 Å². The van der Waals surface area contributed by atoms with Crippen LogP contribution in [0.25, 0.3) is 22.4 Å². The van der Waals surface area contributed by atoms with E-state index in [9.17, 15) is 0 Å². The Morgan fingerprint density at radius 3 is 2.78 bits per heavy atom. The van der Waals surface area contributed by atoms with Gasteiger partial charge in [-0.25, -0.2) is 4.98 Å². The first-order valence-electron chi connectivity index (χ1n) is 5.56. The third kappa shape index (κ3) is 1.93. The lowest BCUT2D eigenvalue weighted by atomic mass is 10.1. The number of rotatable bonds is 1. The number of para-hydroxylation sites is 1. The van der Waals surface area contributed by atoms with E-state index in [-0.39, 0.29) is 0 Å². The minimum Gasteiger partial charge on any atom is -0.338 e. The van der Waals surface area contributed by atoms with Crippen LogP contribution >= 0.6 is 27.5 Å². The molecule has 0 atom stereocenters. The van der Waals surface area contributed by atoms with Crippen LogP contribution in [0.2, 0.25) is 5.02 Å². The third-order valence-corrected chi connectivity index (χ3v) is 3.80. The first-order valence-corrected chi connectivity index (χ1v) is 6.73. The Morgan fingerprint density at radius 1 is 1.22 bits per heavy atom. The summed E-state index contributed by atoms with van der Waals surface area (Å²) in [5.41, 5.74) is 4.00. The molecule has 0 aliphatic carbocycles. The van der Waals surface area contributed by atoms with Crippen molar-refractivity contribution in [1.29, 1.82) is 0 Å². The molecule has 0 bridgehead atoms. The molecule has 3 aromatic rings. The fourth-order valence-corrected chi connectivity index (χ4v) is 2.83. The molecule has 3 rings (SSSR count). The number of benzene rings is 2. The molecule has 1 heterocycles. The van der Waals surface area contributed by atoms with E-state index in [0.717, 1.165) is 26.9 Å². The topological polar surface area (TPSA) is 28.7 Å². The number of aromatic nitrogens is 2. The highest BCUT2D eigenvalue weighted by Gasteiger charge is 2.10. The highest BCUT2D eigenvalue weighted by molar-refractivity contribution is 9.10. The van der Waals surface area contributed by atoms with Gasteiger partial charge in [-0.15, -0.1) is 0 Å². The van der Waals surface area contributed by atoms with Gasteiger partial charge >= 0.3 is 0 Å². The molecule has 4 heteroatoms. The maximum atomic E-state index is 6.13. The van der Waals surface area contributed by atoms with Crippen LogP contribution < -0.4 is 0 Å². The molecule has 0 fully saturated rings. The van der Waals surface area contributed by atoms with Crippen molar-refractivity contribution in [2.75, 3.05) is 0 Å². The average Bonchev–Trinajstić information content (AvgIpc) is 2.74. The van der Waals surface area contributed by atoms with Gasteiger partial charge in [0.2, 0.25) is 0 Å². The number of hydrogen-bond acceptors (Lipinski definition) is 1. The molecular weight excluding hydrogens is 312 g/mol. The Labute approximate surface area is 118 Å². The summed E-state index contributed by atoms with van der Waals surface area (Å²) in [7, 11) is 0.